The third kappa shape index (κ3) is 2.91. The van der Waals surface area contributed by atoms with Crippen LogP contribution in [-0.4, -0.2) is 47.2 Å². The van der Waals surface area contributed by atoms with Crippen LogP contribution < -0.4 is 4.90 Å². The van der Waals surface area contributed by atoms with E-state index in [4.69, 9.17) is 0 Å². The van der Waals surface area contributed by atoms with E-state index in [-0.39, 0.29) is 12.3 Å². The maximum Gasteiger partial charge on any atom is 0.269 e. The monoisotopic (exact) mass is 279 g/mol. The number of non-ortho nitro benzene ring substituents is 1. The molecule has 0 saturated carbocycles. The summed E-state index contributed by atoms with van der Waals surface area (Å²) in [5.41, 5.74) is 1.55. The molecule has 1 unspecified atom stereocenters. The molecule has 6 heteroatoms. The predicted octanol–water partition coefficient (Wildman–Crippen LogP) is 1.62. The average Bonchev–Trinajstić information content (AvgIpc) is 2.46. The molecule has 1 aromatic carbocycles. The van der Waals surface area contributed by atoms with Crippen molar-refractivity contribution >= 4 is 11.4 Å². The maximum atomic E-state index is 10.8. The first-order valence-electron chi connectivity index (χ1n) is 6.94. The Hall–Kier alpha value is -1.66. The van der Waals surface area contributed by atoms with Crippen molar-refractivity contribution in [2.75, 3.05) is 31.1 Å². The van der Waals surface area contributed by atoms with Gasteiger partial charge >= 0.3 is 0 Å². The molecule has 1 aliphatic heterocycles. The number of aliphatic hydroxyl groups is 1. The van der Waals surface area contributed by atoms with E-state index in [0.29, 0.717) is 11.6 Å². The van der Waals surface area contributed by atoms with Crippen LogP contribution in [0.15, 0.2) is 18.2 Å². The van der Waals surface area contributed by atoms with Crippen LogP contribution in [-0.2, 0) is 6.61 Å². The van der Waals surface area contributed by atoms with Crippen LogP contribution >= 0.6 is 0 Å². The van der Waals surface area contributed by atoms with E-state index < -0.39 is 4.92 Å². The molecule has 0 spiro atoms. The number of anilines is 1. The number of nitro benzene ring substituents is 1. The molecule has 0 radical (unpaired) electrons. The van der Waals surface area contributed by atoms with Crippen molar-refractivity contribution in [2.24, 2.45) is 0 Å². The lowest BCUT2D eigenvalue weighted by Gasteiger charge is -2.41. The normalized spacial score (nSPS) is 20.1. The van der Waals surface area contributed by atoms with Crippen molar-refractivity contribution < 1.29 is 10.0 Å². The summed E-state index contributed by atoms with van der Waals surface area (Å²) in [6, 6.07) is 5.16. The van der Waals surface area contributed by atoms with Gasteiger partial charge in [-0.05, 0) is 19.5 Å². The van der Waals surface area contributed by atoms with Crippen molar-refractivity contribution in [3.8, 4) is 0 Å². The van der Waals surface area contributed by atoms with E-state index >= 15 is 0 Å². The number of likely N-dealkylation sites (N-methyl/N-ethyl adjacent to an activating group) is 1. The van der Waals surface area contributed by atoms with Gasteiger partial charge in [0.25, 0.3) is 5.69 Å². The predicted molar refractivity (Wildman–Crippen MR) is 77.9 cm³/mol. The number of hydrogen-bond acceptors (Lipinski definition) is 5. The first kappa shape index (κ1) is 14.7. The molecule has 1 aromatic rings. The minimum Gasteiger partial charge on any atom is -0.392 e. The van der Waals surface area contributed by atoms with E-state index in [0.717, 1.165) is 31.9 Å². The first-order chi connectivity index (χ1) is 9.56. The number of hydrogen-bond donors (Lipinski definition) is 1. The highest BCUT2D eigenvalue weighted by Gasteiger charge is 2.24. The third-order valence-electron chi connectivity index (χ3n) is 3.96. The summed E-state index contributed by atoms with van der Waals surface area (Å²) < 4.78 is 0. The molecule has 1 atom stereocenters. The van der Waals surface area contributed by atoms with Gasteiger partial charge < -0.3 is 10.0 Å². The van der Waals surface area contributed by atoms with Crippen LogP contribution in [0.25, 0.3) is 0 Å². The number of piperazine rings is 1. The lowest BCUT2D eigenvalue weighted by Crippen LogP contribution is -2.52. The number of benzene rings is 1. The molecule has 110 valence electrons. The summed E-state index contributed by atoms with van der Waals surface area (Å²) in [7, 11) is 0. The zero-order chi connectivity index (χ0) is 14.7. The van der Waals surface area contributed by atoms with Gasteiger partial charge in [0.1, 0.15) is 0 Å². The topological polar surface area (TPSA) is 69.9 Å². The van der Waals surface area contributed by atoms with Gasteiger partial charge in [-0.3, -0.25) is 15.0 Å². The van der Waals surface area contributed by atoms with E-state index in [1.165, 1.54) is 12.1 Å². The molecule has 6 nitrogen and oxygen atoms in total. The Kier molecular flexibility index (Phi) is 4.57. The Morgan fingerprint density at radius 1 is 1.45 bits per heavy atom. The van der Waals surface area contributed by atoms with Crippen LogP contribution in [0.5, 0.6) is 0 Å². The number of aliphatic hydroxyl groups excluding tert-OH is 1. The fourth-order valence-electron chi connectivity index (χ4n) is 2.80. The van der Waals surface area contributed by atoms with Crippen molar-refractivity contribution in [2.45, 2.75) is 26.5 Å². The van der Waals surface area contributed by atoms with Crippen LogP contribution in [0, 0.1) is 10.1 Å². The SMILES string of the molecule is CCN1CCN(c2ccc([N+](=O)[O-])cc2CO)CC1C. The summed E-state index contributed by atoms with van der Waals surface area (Å²) >= 11 is 0. The van der Waals surface area contributed by atoms with Crippen molar-refractivity contribution in [1.29, 1.82) is 0 Å². The van der Waals surface area contributed by atoms with Crippen LogP contribution in [0.2, 0.25) is 0 Å². The quantitative estimate of drug-likeness (QED) is 0.670. The lowest BCUT2D eigenvalue weighted by molar-refractivity contribution is -0.384. The summed E-state index contributed by atoms with van der Waals surface area (Å²) in [6.45, 7) is 7.90. The van der Waals surface area contributed by atoms with E-state index in [2.05, 4.69) is 23.6 Å². The Bertz CT molecular complexity index is 493. The van der Waals surface area contributed by atoms with Gasteiger partial charge in [-0.2, -0.15) is 0 Å². The van der Waals surface area contributed by atoms with Crippen LogP contribution in [0.1, 0.15) is 19.4 Å². The van der Waals surface area contributed by atoms with Gasteiger partial charge in [-0.25, -0.2) is 0 Å². The highest BCUT2D eigenvalue weighted by Crippen LogP contribution is 2.27. The largest absolute Gasteiger partial charge is 0.392 e. The third-order valence-corrected chi connectivity index (χ3v) is 3.96. The minimum absolute atomic E-state index is 0.0260. The van der Waals surface area contributed by atoms with Crippen LogP contribution in [0.3, 0.4) is 0 Å². The average molecular weight is 279 g/mol. The first-order valence-corrected chi connectivity index (χ1v) is 6.94. The number of rotatable bonds is 4. The molecule has 1 aliphatic rings. The molecule has 0 aliphatic carbocycles. The molecule has 2 rings (SSSR count). The minimum atomic E-state index is -0.430. The van der Waals surface area contributed by atoms with Crippen LogP contribution in [0.4, 0.5) is 11.4 Å². The van der Waals surface area contributed by atoms with Gasteiger partial charge in [0, 0.05) is 49.1 Å². The standard InChI is InChI=1S/C14H21N3O3/c1-3-15-6-7-16(9-11(15)2)14-5-4-13(17(19)20)8-12(14)10-18/h4-5,8,11,18H,3,6-7,9-10H2,1-2H3. The van der Waals surface area contributed by atoms with E-state index in [9.17, 15) is 15.2 Å². The summed E-state index contributed by atoms with van der Waals surface area (Å²) in [6.07, 6.45) is 0. The highest BCUT2D eigenvalue weighted by atomic mass is 16.6. The molecule has 0 amide bonds. The zero-order valence-electron chi connectivity index (χ0n) is 12.0. The van der Waals surface area contributed by atoms with E-state index in [1.54, 1.807) is 6.07 Å². The Labute approximate surface area is 118 Å². The molecule has 1 saturated heterocycles. The van der Waals surface area contributed by atoms with E-state index in [1.807, 2.05) is 0 Å². The van der Waals surface area contributed by atoms with Crippen molar-refractivity contribution in [3.63, 3.8) is 0 Å². The Balaban J connectivity index is 2.22. The van der Waals surface area contributed by atoms with Gasteiger partial charge in [0.15, 0.2) is 0 Å². The highest BCUT2D eigenvalue weighted by molar-refractivity contribution is 5.58. The second-order valence-corrected chi connectivity index (χ2v) is 5.15. The molecule has 0 bridgehead atoms. The maximum absolute atomic E-state index is 10.8. The fraction of sp³-hybridized carbons (Fsp3) is 0.571. The molecule has 1 fully saturated rings. The van der Waals surface area contributed by atoms with Crippen molar-refractivity contribution in [1.82, 2.24) is 4.90 Å². The Morgan fingerprint density at radius 2 is 2.20 bits per heavy atom. The van der Waals surface area contributed by atoms with Gasteiger partial charge in [0.2, 0.25) is 0 Å². The molecular weight excluding hydrogens is 258 g/mol. The van der Waals surface area contributed by atoms with Crippen molar-refractivity contribution in [3.05, 3.63) is 33.9 Å². The molecule has 1 N–H and O–H groups in total. The second-order valence-electron chi connectivity index (χ2n) is 5.15. The molecule has 20 heavy (non-hydrogen) atoms. The number of nitro groups is 1. The van der Waals surface area contributed by atoms with Gasteiger partial charge in [-0.1, -0.05) is 6.92 Å². The van der Waals surface area contributed by atoms with Gasteiger partial charge in [-0.15, -0.1) is 0 Å². The Morgan fingerprint density at radius 3 is 2.75 bits per heavy atom. The summed E-state index contributed by atoms with van der Waals surface area (Å²) in [5, 5.41) is 20.3. The summed E-state index contributed by atoms with van der Waals surface area (Å²) in [4.78, 5) is 15.0. The lowest BCUT2D eigenvalue weighted by atomic mass is 10.1. The fourth-order valence-corrected chi connectivity index (χ4v) is 2.80. The molecule has 1 heterocycles. The second kappa shape index (κ2) is 6.19. The van der Waals surface area contributed by atoms with Gasteiger partial charge in [0.05, 0.1) is 11.5 Å². The molecular formula is C14H21N3O3. The smallest absolute Gasteiger partial charge is 0.269 e. The molecule has 0 aromatic heterocycles. The number of nitrogens with zero attached hydrogens (tertiary/aromatic N) is 3. The summed E-state index contributed by atoms with van der Waals surface area (Å²) in [5.74, 6) is 0. The zero-order valence-corrected chi connectivity index (χ0v) is 12.0.